The van der Waals surface area contributed by atoms with Crippen molar-refractivity contribution in [1.29, 1.82) is 0 Å². The number of rotatable bonds is 4. The quantitative estimate of drug-likeness (QED) is 0.554. The zero-order chi connectivity index (χ0) is 13.2. The molecule has 7 nitrogen and oxygen atoms in total. The second-order valence-electron chi connectivity index (χ2n) is 3.99. The Morgan fingerprint density at radius 1 is 1.37 bits per heavy atom. The number of H-pyrrole nitrogens is 1. The normalized spacial score (nSPS) is 10.7. The van der Waals surface area contributed by atoms with Crippen molar-refractivity contribution in [1.82, 2.24) is 10.2 Å². The van der Waals surface area contributed by atoms with Crippen molar-refractivity contribution in [2.45, 2.75) is 6.54 Å². The zero-order valence-corrected chi connectivity index (χ0v) is 9.79. The number of aromatic nitrogens is 2. The molecule has 0 saturated carbocycles. The summed E-state index contributed by atoms with van der Waals surface area (Å²) in [6.07, 6.45) is 1.73. The van der Waals surface area contributed by atoms with E-state index in [2.05, 4.69) is 15.5 Å². The lowest BCUT2D eigenvalue weighted by Gasteiger charge is -2.04. The van der Waals surface area contributed by atoms with Gasteiger partial charge >= 0.3 is 5.88 Å². The molecule has 2 aromatic heterocycles. The number of furan rings is 1. The number of nitrogens with one attached hydrogen (secondary N) is 2. The van der Waals surface area contributed by atoms with Gasteiger partial charge in [-0.2, -0.15) is 5.10 Å². The SMILES string of the molecule is O=[N+]([O-])c1ccc(CNc2cccc3cn[nH]c23)o1. The molecule has 0 aliphatic rings. The van der Waals surface area contributed by atoms with E-state index in [1.165, 1.54) is 6.07 Å². The maximum absolute atomic E-state index is 10.5. The summed E-state index contributed by atoms with van der Waals surface area (Å²) in [7, 11) is 0. The number of anilines is 1. The summed E-state index contributed by atoms with van der Waals surface area (Å²) < 4.78 is 5.07. The van der Waals surface area contributed by atoms with Gasteiger partial charge in [0.15, 0.2) is 0 Å². The Hall–Kier alpha value is -2.83. The van der Waals surface area contributed by atoms with Crippen LogP contribution in [0.25, 0.3) is 10.9 Å². The number of nitrogens with zero attached hydrogens (tertiary/aromatic N) is 2. The molecule has 0 spiro atoms. The molecule has 0 atom stereocenters. The van der Waals surface area contributed by atoms with Gasteiger partial charge in [0.1, 0.15) is 10.7 Å². The Labute approximate surface area is 107 Å². The van der Waals surface area contributed by atoms with Crippen LogP contribution >= 0.6 is 0 Å². The third-order valence-corrected chi connectivity index (χ3v) is 2.76. The lowest BCUT2D eigenvalue weighted by Crippen LogP contribution is -1.98. The molecule has 0 fully saturated rings. The lowest BCUT2D eigenvalue weighted by molar-refractivity contribution is -0.402. The van der Waals surface area contributed by atoms with Crippen LogP contribution in [0.4, 0.5) is 11.6 Å². The van der Waals surface area contributed by atoms with Crippen LogP contribution in [0.2, 0.25) is 0 Å². The van der Waals surface area contributed by atoms with Crippen molar-refractivity contribution in [3.8, 4) is 0 Å². The molecule has 0 saturated heterocycles. The fourth-order valence-electron chi connectivity index (χ4n) is 1.86. The molecule has 0 amide bonds. The molecule has 96 valence electrons. The van der Waals surface area contributed by atoms with Crippen molar-refractivity contribution in [2.75, 3.05) is 5.32 Å². The molecular formula is C12H10N4O3. The fourth-order valence-corrected chi connectivity index (χ4v) is 1.86. The van der Waals surface area contributed by atoms with Crippen LogP contribution in [-0.2, 0) is 6.54 Å². The summed E-state index contributed by atoms with van der Waals surface area (Å²) in [6.45, 7) is 0.367. The van der Waals surface area contributed by atoms with Crippen LogP contribution in [0, 0.1) is 10.1 Å². The molecular weight excluding hydrogens is 248 g/mol. The average molecular weight is 258 g/mol. The molecule has 2 heterocycles. The van der Waals surface area contributed by atoms with Gasteiger partial charge in [-0.3, -0.25) is 15.2 Å². The first-order valence-corrected chi connectivity index (χ1v) is 5.63. The molecule has 0 bridgehead atoms. The maximum Gasteiger partial charge on any atom is 0.433 e. The summed E-state index contributed by atoms with van der Waals surface area (Å²) in [5.41, 5.74) is 1.76. The Balaban J connectivity index is 1.78. The number of fused-ring (bicyclic) bond motifs is 1. The van der Waals surface area contributed by atoms with Gasteiger partial charge in [0.25, 0.3) is 0 Å². The molecule has 2 N–H and O–H groups in total. The number of nitro groups is 1. The summed E-state index contributed by atoms with van der Waals surface area (Å²) in [5, 5.41) is 21.5. The Morgan fingerprint density at radius 2 is 2.26 bits per heavy atom. The highest BCUT2D eigenvalue weighted by atomic mass is 16.6. The standard InChI is InChI=1S/C12H10N4O3/c17-16(18)11-5-4-9(19-11)7-13-10-3-1-2-8-6-14-15-12(8)10/h1-6,13H,7H2,(H,14,15). The van der Waals surface area contributed by atoms with Crippen LogP contribution in [0.3, 0.4) is 0 Å². The smallest absolute Gasteiger partial charge is 0.404 e. The van der Waals surface area contributed by atoms with Gasteiger partial charge in [0.05, 0.1) is 30.0 Å². The van der Waals surface area contributed by atoms with Crippen LogP contribution in [0.1, 0.15) is 5.76 Å². The summed E-state index contributed by atoms with van der Waals surface area (Å²) in [6, 6.07) is 8.68. The van der Waals surface area contributed by atoms with Crippen molar-refractivity contribution in [3.63, 3.8) is 0 Å². The van der Waals surface area contributed by atoms with Gasteiger partial charge in [-0.15, -0.1) is 0 Å². The summed E-state index contributed by atoms with van der Waals surface area (Å²) >= 11 is 0. The first-order chi connectivity index (χ1) is 9.24. The lowest BCUT2D eigenvalue weighted by atomic mass is 10.2. The minimum absolute atomic E-state index is 0.253. The van der Waals surface area contributed by atoms with Crippen LogP contribution in [-0.4, -0.2) is 15.1 Å². The van der Waals surface area contributed by atoms with Crippen LogP contribution in [0.5, 0.6) is 0 Å². The van der Waals surface area contributed by atoms with E-state index in [0.29, 0.717) is 12.3 Å². The minimum atomic E-state index is -0.556. The number of hydrogen-bond donors (Lipinski definition) is 2. The molecule has 7 heteroatoms. The minimum Gasteiger partial charge on any atom is -0.404 e. The van der Waals surface area contributed by atoms with E-state index in [9.17, 15) is 10.1 Å². The Morgan fingerprint density at radius 3 is 3.05 bits per heavy atom. The fraction of sp³-hybridized carbons (Fsp3) is 0.0833. The van der Waals surface area contributed by atoms with E-state index < -0.39 is 4.92 Å². The number of para-hydroxylation sites is 1. The predicted octanol–water partition coefficient (Wildman–Crippen LogP) is 2.68. The first kappa shape index (κ1) is 11.3. The van der Waals surface area contributed by atoms with E-state index in [-0.39, 0.29) is 5.88 Å². The third-order valence-electron chi connectivity index (χ3n) is 2.76. The van der Waals surface area contributed by atoms with Crippen molar-refractivity contribution in [3.05, 3.63) is 52.4 Å². The van der Waals surface area contributed by atoms with Gasteiger partial charge in [-0.05, 0) is 12.1 Å². The monoisotopic (exact) mass is 258 g/mol. The first-order valence-electron chi connectivity index (χ1n) is 5.63. The molecule has 0 radical (unpaired) electrons. The van der Waals surface area contributed by atoms with E-state index in [0.717, 1.165) is 16.6 Å². The highest BCUT2D eigenvalue weighted by molar-refractivity contribution is 5.89. The Bertz CT molecular complexity index is 731. The van der Waals surface area contributed by atoms with Gasteiger partial charge in [0.2, 0.25) is 0 Å². The van der Waals surface area contributed by atoms with Gasteiger partial charge in [0, 0.05) is 5.39 Å². The van der Waals surface area contributed by atoms with E-state index in [4.69, 9.17) is 4.42 Å². The van der Waals surface area contributed by atoms with Crippen LogP contribution in [0.15, 0.2) is 40.9 Å². The maximum atomic E-state index is 10.5. The van der Waals surface area contributed by atoms with E-state index in [1.54, 1.807) is 12.3 Å². The number of hydrogen-bond acceptors (Lipinski definition) is 5. The molecule has 0 aliphatic carbocycles. The molecule has 3 aromatic rings. The van der Waals surface area contributed by atoms with E-state index >= 15 is 0 Å². The summed E-state index contributed by atoms with van der Waals surface area (Å²) in [4.78, 5) is 9.95. The van der Waals surface area contributed by atoms with E-state index in [1.807, 2.05) is 18.2 Å². The molecule has 0 unspecified atom stereocenters. The molecule has 1 aromatic carbocycles. The second kappa shape index (κ2) is 4.45. The molecule has 19 heavy (non-hydrogen) atoms. The van der Waals surface area contributed by atoms with Gasteiger partial charge in [-0.25, -0.2) is 0 Å². The highest BCUT2D eigenvalue weighted by Crippen LogP contribution is 2.22. The number of aromatic amines is 1. The van der Waals surface area contributed by atoms with Crippen molar-refractivity contribution in [2.24, 2.45) is 0 Å². The third kappa shape index (κ3) is 2.13. The second-order valence-corrected chi connectivity index (χ2v) is 3.99. The van der Waals surface area contributed by atoms with Crippen molar-refractivity contribution >= 4 is 22.5 Å². The van der Waals surface area contributed by atoms with Gasteiger partial charge in [-0.1, -0.05) is 12.1 Å². The predicted molar refractivity (Wildman–Crippen MR) is 68.8 cm³/mol. The molecule has 3 rings (SSSR count). The average Bonchev–Trinajstić information content (AvgIpc) is 3.05. The Kier molecular flexibility index (Phi) is 2.64. The van der Waals surface area contributed by atoms with Gasteiger partial charge < -0.3 is 9.73 Å². The van der Waals surface area contributed by atoms with Crippen LogP contribution < -0.4 is 5.32 Å². The zero-order valence-electron chi connectivity index (χ0n) is 9.79. The highest BCUT2D eigenvalue weighted by Gasteiger charge is 2.11. The van der Waals surface area contributed by atoms with Crippen molar-refractivity contribution < 1.29 is 9.34 Å². The topological polar surface area (TPSA) is 97.0 Å². The largest absolute Gasteiger partial charge is 0.433 e. The summed E-state index contributed by atoms with van der Waals surface area (Å²) in [5.74, 6) is 0.250. The number of benzene rings is 1. The molecule has 0 aliphatic heterocycles.